The van der Waals surface area contributed by atoms with Crippen LogP contribution in [0.3, 0.4) is 0 Å². The maximum atomic E-state index is 12.2. The van der Waals surface area contributed by atoms with Crippen molar-refractivity contribution in [3.05, 3.63) is 28.2 Å². The second kappa shape index (κ2) is 7.21. The summed E-state index contributed by atoms with van der Waals surface area (Å²) in [6.07, 6.45) is 0. The summed E-state index contributed by atoms with van der Waals surface area (Å²) >= 11 is 3.13. The highest BCUT2D eigenvalue weighted by atomic mass is 79.9. The summed E-state index contributed by atoms with van der Waals surface area (Å²) in [5.41, 5.74) is 0.407. The first-order chi connectivity index (χ1) is 9.72. The number of carbonyl (C=O) groups excluding carboxylic acids is 2. The number of rotatable bonds is 5. The lowest BCUT2D eigenvalue weighted by Gasteiger charge is -2.21. The molecule has 114 valence electrons. The second-order valence-corrected chi connectivity index (χ2v) is 5.77. The molecular formula is C14H17BrN2O4. The molecule has 7 heteroatoms. The lowest BCUT2D eigenvalue weighted by Crippen LogP contribution is -2.46. The number of carbonyl (C=O) groups is 3. The second-order valence-electron chi connectivity index (χ2n) is 4.91. The summed E-state index contributed by atoms with van der Waals surface area (Å²) in [6, 6.07) is 3.80. The van der Waals surface area contributed by atoms with Gasteiger partial charge in [-0.15, -0.1) is 0 Å². The van der Waals surface area contributed by atoms with E-state index >= 15 is 0 Å². The van der Waals surface area contributed by atoms with Crippen LogP contribution in [0.25, 0.3) is 0 Å². The Bertz CT molecular complexity index is 572. The van der Waals surface area contributed by atoms with Crippen molar-refractivity contribution in [2.45, 2.75) is 26.8 Å². The van der Waals surface area contributed by atoms with Gasteiger partial charge in [-0.05, 0) is 40.0 Å². The number of nitrogens with one attached hydrogen (secondary N) is 2. The number of amides is 2. The first kappa shape index (κ1) is 17.2. The Labute approximate surface area is 131 Å². The van der Waals surface area contributed by atoms with Crippen molar-refractivity contribution in [1.29, 1.82) is 0 Å². The van der Waals surface area contributed by atoms with Gasteiger partial charge in [-0.2, -0.15) is 0 Å². The van der Waals surface area contributed by atoms with Crippen molar-refractivity contribution in [2.75, 3.05) is 5.32 Å². The van der Waals surface area contributed by atoms with Crippen LogP contribution in [0, 0.1) is 5.92 Å². The third-order valence-corrected chi connectivity index (χ3v) is 3.46. The third kappa shape index (κ3) is 4.86. The molecule has 1 aromatic rings. The molecule has 3 N–H and O–H groups in total. The molecule has 0 aliphatic rings. The number of hydrogen-bond donors (Lipinski definition) is 3. The van der Waals surface area contributed by atoms with E-state index in [1.54, 1.807) is 12.1 Å². The van der Waals surface area contributed by atoms with Crippen molar-refractivity contribution in [3.8, 4) is 0 Å². The van der Waals surface area contributed by atoms with E-state index in [1.807, 2.05) is 13.8 Å². The molecule has 0 saturated carbocycles. The Morgan fingerprint density at radius 1 is 1.24 bits per heavy atom. The maximum absolute atomic E-state index is 12.2. The fourth-order valence-electron chi connectivity index (χ4n) is 1.74. The molecule has 0 saturated heterocycles. The van der Waals surface area contributed by atoms with E-state index in [-0.39, 0.29) is 23.3 Å². The molecule has 21 heavy (non-hydrogen) atoms. The molecule has 1 aromatic carbocycles. The van der Waals surface area contributed by atoms with E-state index in [0.29, 0.717) is 10.2 Å². The third-order valence-electron chi connectivity index (χ3n) is 2.77. The monoisotopic (exact) mass is 356 g/mol. The fraction of sp³-hybridized carbons (Fsp3) is 0.357. The van der Waals surface area contributed by atoms with Crippen LogP contribution in [0.5, 0.6) is 0 Å². The van der Waals surface area contributed by atoms with Gasteiger partial charge >= 0.3 is 5.97 Å². The molecule has 0 aliphatic heterocycles. The highest BCUT2D eigenvalue weighted by Gasteiger charge is 2.23. The van der Waals surface area contributed by atoms with E-state index in [4.69, 9.17) is 5.11 Å². The zero-order valence-electron chi connectivity index (χ0n) is 11.9. The minimum Gasteiger partial charge on any atom is -0.478 e. The minimum atomic E-state index is -1.10. The van der Waals surface area contributed by atoms with Crippen LogP contribution in [-0.2, 0) is 9.59 Å². The van der Waals surface area contributed by atoms with Gasteiger partial charge in [-0.1, -0.05) is 13.8 Å². The Hall–Kier alpha value is -1.89. The predicted octanol–water partition coefficient (Wildman–Crippen LogP) is 2.25. The van der Waals surface area contributed by atoms with Crippen LogP contribution in [0.4, 0.5) is 5.69 Å². The summed E-state index contributed by atoms with van der Waals surface area (Å²) in [4.78, 5) is 34.3. The number of carboxylic acid groups (broad SMARTS) is 1. The van der Waals surface area contributed by atoms with Crippen LogP contribution >= 0.6 is 15.9 Å². The van der Waals surface area contributed by atoms with Gasteiger partial charge in [-0.25, -0.2) is 4.79 Å². The molecule has 0 aliphatic carbocycles. The smallest absolute Gasteiger partial charge is 0.336 e. The number of benzene rings is 1. The van der Waals surface area contributed by atoms with Crippen LogP contribution < -0.4 is 10.6 Å². The van der Waals surface area contributed by atoms with Gasteiger partial charge in [0, 0.05) is 17.1 Å². The average Bonchev–Trinajstić information content (AvgIpc) is 2.37. The molecule has 1 rings (SSSR count). The summed E-state index contributed by atoms with van der Waals surface area (Å²) in [5.74, 6) is -1.88. The van der Waals surface area contributed by atoms with Gasteiger partial charge in [0.25, 0.3) is 0 Å². The maximum Gasteiger partial charge on any atom is 0.336 e. The SMILES string of the molecule is CC(=O)NC(C(=O)Nc1ccc(Br)c(C(=O)O)c1)C(C)C. The Kier molecular flexibility index (Phi) is 5.90. The molecule has 1 atom stereocenters. The van der Waals surface area contributed by atoms with Crippen LogP contribution in [0.15, 0.2) is 22.7 Å². The van der Waals surface area contributed by atoms with E-state index in [2.05, 4.69) is 26.6 Å². The number of aromatic carboxylic acids is 1. The molecule has 0 fully saturated rings. The molecule has 6 nitrogen and oxygen atoms in total. The molecule has 0 bridgehead atoms. The van der Waals surface area contributed by atoms with Gasteiger partial charge in [-0.3, -0.25) is 9.59 Å². The van der Waals surface area contributed by atoms with Crippen LogP contribution in [0.2, 0.25) is 0 Å². The van der Waals surface area contributed by atoms with Crippen molar-refractivity contribution in [1.82, 2.24) is 5.32 Å². The standard InChI is InChI=1S/C14H17BrN2O4/c1-7(2)12(16-8(3)18)13(19)17-9-4-5-11(15)10(6-9)14(20)21/h4-7,12H,1-3H3,(H,16,18)(H,17,19)(H,20,21). The van der Waals surface area contributed by atoms with E-state index in [1.165, 1.54) is 13.0 Å². The Balaban J connectivity index is 2.93. The van der Waals surface area contributed by atoms with Crippen molar-refractivity contribution in [3.63, 3.8) is 0 Å². The van der Waals surface area contributed by atoms with Crippen molar-refractivity contribution < 1.29 is 19.5 Å². The number of hydrogen-bond acceptors (Lipinski definition) is 3. The summed E-state index contributed by atoms with van der Waals surface area (Å²) in [5, 5.41) is 14.2. The van der Waals surface area contributed by atoms with Crippen LogP contribution in [0.1, 0.15) is 31.1 Å². The fourth-order valence-corrected chi connectivity index (χ4v) is 2.16. The first-order valence-electron chi connectivity index (χ1n) is 6.33. The van der Waals surface area contributed by atoms with Gasteiger partial charge in [0.1, 0.15) is 6.04 Å². The first-order valence-corrected chi connectivity index (χ1v) is 7.12. The molecule has 1 unspecified atom stereocenters. The van der Waals surface area contributed by atoms with Crippen LogP contribution in [-0.4, -0.2) is 28.9 Å². The van der Waals surface area contributed by atoms with Gasteiger partial charge < -0.3 is 15.7 Å². The largest absolute Gasteiger partial charge is 0.478 e. The summed E-state index contributed by atoms with van der Waals surface area (Å²) in [6.45, 7) is 4.96. The molecule has 0 radical (unpaired) electrons. The van der Waals surface area contributed by atoms with E-state index < -0.39 is 12.0 Å². The van der Waals surface area contributed by atoms with Gasteiger partial charge in [0.2, 0.25) is 11.8 Å². The lowest BCUT2D eigenvalue weighted by molar-refractivity contribution is -0.126. The molecule has 2 amide bonds. The Morgan fingerprint density at radius 3 is 2.33 bits per heavy atom. The van der Waals surface area contributed by atoms with Gasteiger partial charge in [0.15, 0.2) is 0 Å². The topological polar surface area (TPSA) is 95.5 Å². The number of anilines is 1. The number of halogens is 1. The van der Waals surface area contributed by atoms with E-state index in [9.17, 15) is 14.4 Å². The highest BCUT2D eigenvalue weighted by molar-refractivity contribution is 9.10. The Morgan fingerprint density at radius 2 is 1.86 bits per heavy atom. The summed E-state index contributed by atoms with van der Waals surface area (Å²) < 4.78 is 0.426. The zero-order chi connectivity index (χ0) is 16.2. The quantitative estimate of drug-likeness (QED) is 0.753. The van der Waals surface area contributed by atoms with Crippen molar-refractivity contribution >= 4 is 39.4 Å². The normalized spacial score (nSPS) is 11.9. The number of carboxylic acids is 1. The molecule has 0 heterocycles. The van der Waals surface area contributed by atoms with Crippen molar-refractivity contribution in [2.24, 2.45) is 5.92 Å². The molecular weight excluding hydrogens is 340 g/mol. The highest BCUT2D eigenvalue weighted by Crippen LogP contribution is 2.21. The minimum absolute atomic E-state index is 0.0495. The predicted molar refractivity (Wildman–Crippen MR) is 82.2 cm³/mol. The van der Waals surface area contributed by atoms with E-state index in [0.717, 1.165) is 0 Å². The van der Waals surface area contributed by atoms with Gasteiger partial charge in [0.05, 0.1) is 5.56 Å². The average molecular weight is 357 g/mol. The molecule has 0 aromatic heterocycles. The molecule has 0 spiro atoms. The zero-order valence-corrected chi connectivity index (χ0v) is 13.5. The summed E-state index contributed by atoms with van der Waals surface area (Å²) in [7, 11) is 0. The lowest BCUT2D eigenvalue weighted by atomic mass is 10.0.